The minimum absolute atomic E-state index is 0.105. The first-order valence-electron chi connectivity index (χ1n) is 7.57. The second-order valence-electron chi connectivity index (χ2n) is 5.52. The van der Waals surface area contributed by atoms with Crippen molar-refractivity contribution >= 4 is 27.7 Å². The fourth-order valence-electron chi connectivity index (χ4n) is 2.64. The van der Waals surface area contributed by atoms with Gasteiger partial charge in [0.15, 0.2) is 6.61 Å². The molecule has 0 radical (unpaired) electrons. The minimum Gasteiger partial charge on any atom is -0.454 e. The Morgan fingerprint density at radius 3 is 2.67 bits per heavy atom. The van der Waals surface area contributed by atoms with Crippen molar-refractivity contribution in [2.45, 2.75) is 17.7 Å². The maximum atomic E-state index is 11.9. The van der Waals surface area contributed by atoms with Gasteiger partial charge in [0, 0.05) is 18.7 Å². The van der Waals surface area contributed by atoms with E-state index >= 15 is 0 Å². The Bertz CT molecular complexity index is 797. The highest BCUT2D eigenvalue weighted by Gasteiger charge is 2.30. The summed E-state index contributed by atoms with van der Waals surface area (Å²) in [6.45, 7) is 0.708. The van der Waals surface area contributed by atoms with Gasteiger partial charge >= 0.3 is 5.97 Å². The van der Waals surface area contributed by atoms with Gasteiger partial charge in [-0.3, -0.25) is 19.3 Å². The van der Waals surface area contributed by atoms with Gasteiger partial charge in [-0.05, 0) is 25.0 Å². The summed E-state index contributed by atoms with van der Waals surface area (Å²) in [6, 6.07) is 6.37. The van der Waals surface area contributed by atoms with Gasteiger partial charge in [0.1, 0.15) is 12.4 Å². The van der Waals surface area contributed by atoms with Gasteiger partial charge in [-0.2, -0.15) is 0 Å². The number of fused-ring (bicyclic) bond motifs is 1. The van der Waals surface area contributed by atoms with E-state index in [-0.39, 0.29) is 29.8 Å². The first-order chi connectivity index (χ1) is 11.5. The van der Waals surface area contributed by atoms with E-state index in [4.69, 9.17) is 4.74 Å². The summed E-state index contributed by atoms with van der Waals surface area (Å²) >= 11 is 0. The SMILES string of the molecule is O=C(CN=C1NS(=O)(=O)c2ccccc21)OCC(=O)N1CCCC1. The van der Waals surface area contributed by atoms with E-state index in [1.165, 1.54) is 6.07 Å². The van der Waals surface area contributed by atoms with Crippen molar-refractivity contribution in [1.29, 1.82) is 0 Å². The zero-order valence-corrected chi connectivity index (χ0v) is 13.7. The van der Waals surface area contributed by atoms with E-state index in [0.29, 0.717) is 18.7 Å². The van der Waals surface area contributed by atoms with Crippen LogP contribution in [0.5, 0.6) is 0 Å². The Hall–Kier alpha value is -2.42. The number of carbonyl (C=O) groups is 2. The Labute approximate surface area is 139 Å². The van der Waals surface area contributed by atoms with Gasteiger partial charge in [0.25, 0.3) is 15.9 Å². The molecule has 128 valence electrons. The van der Waals surface area contributed by atoms with E-state index in [1.54, 1.807) is 23.1 Å². The molecular formula is C15H17N3O5S. The summed E-state index contributed by atoms with van der Waals surface area (Å²) in [6.07, 6.45) is 1.93. The van der Waals surface area contributed by atoms with Crippen LogP contribution in [0.3, 0.4) is 0 Å². The van der Waals surface area contributed by atoms with Crippen molar-refractivity contribution in [3.63, 3.8) is 0 Å². The zero-order chi connectivity index (χ0) is 17.2. The van der Waals surface area contributed by atoms with Gasteiger partial charge < -0.3 is 9.64 Å². The van der Waals surface area contributed by atoms with Gasteiger partial charge in [0.2, 0.25) is 0 Å². The van der Waals surface area contributed by atoms with Crippen LogP contribution >= 0.6 is 0 Å². The molecule has 1 aromatic rings. The van der Waals surface area contributed by atoms with Crippen LogP contribution in [0.4, 0.5) is 0 Å². The van der Waals surface area contributed by atoms with Crippen molar-refractivity contribution in [1.82, 2.24) is 9.62 Å². The Balaban J connectivity index is 1.58. The number of sulfonamides is 1. The highest BCUT2D eigenvalue weighted by atomic mass is 32.2. The predicted octanol–water partition coefficient (Wildman–Crippen LogP) is -0.109. The number of benzene rings is 1. The lowest BCUT2D eigenvalue weighted by molar-refractivity contribution is -0.150. The molecule has 1 amide bonds. The quantitative estimate of drug-likeness (QED) is 0.762. The third-order valence-electron chi connectivity index (χ3n) is 3.84. The van der Waals surface area contributed by atoms with Crippen LogP contribution in [0.25, 0.3) is 0 Å². The molecule has 0 atom stereocenters. The number of esters is 1. The number of hydrogen-bond acceptors (Lipinski definition) is 6. The van der Waals surface area contributed by atoms with Crippen LogP contribution in [0.1, 0.15) is 18.4 Å². The van der Waals surface area contributed by atoms with Crippen LogP contribution in [-0.2, 0) is 24.3 Å². The van der Waals surface area contributed by atoms with Gasteiger partial charge in [-0.25, -0.2) is 8.42 Å². The van der Waals surface area contributed by atoms with Gasteiger partial charge in [0.05, 0.1) is 4.90 Å². The van der Waals surface area contributed by atoms with Crippen molar-refractivity contribution in [3.8, 4) is 0 Å². The first-order valence-corrected chi connectivity index (χ1v) is 9.06. The number of nitrogens with one attached hydrogen (secondary N) is 1. The largest absolute Gasteiger partial charge is 0.454 e. The molecule has 8 nitrogen and oxygen atoms in total. The molecule has 0 aliphatic carbocycles. The molecule has 24 heavy (non-hydrogen) atoms. The number of likely N-dealkylation sites (tertiary alicyclic amines) is 1. The first kappa shape index (κ1) is 16.4. The number of nitrogens with zero attached hydrogens (tertiary/aromatic N) is 2. The predicted molar refractivity (Wildman–Crippen MR) is 84.9 cm³/mol. The van der Waals surface area contributed by atoms with Crippen molar-refractivity contribution in [2.24, 2.45) is 4.99 Å². The Morgan fingerprint density at radius 2 is 1.92 bits per heavy atom. The minimum atomic E-state index is -3.63. The molecule has 1 fully saturated rings. The third kappa shape index (κ3) is 3.40. The number of amidine groups is 1. The average Bonchev–Trinajstić information content (AvgIpc) is 3.18. The van der Waals surface area contributed by atoms with Crippen molar-refractivity contribution < 1.29 is 22.7 Å². The Morgan fingerprint density at radius 1 is 1.21 bits per heavy atom. The van der Waals surface area contributed by atoms with Gasteiger partial charge in [-0.1, -0.05) is 12.1 Å². The Kier molecular flexibility index (Phi) is 4.52. The summed E-state index contributed by atoms with van der Waals surface area (Å²) < 4.78 is 31.0. The molecule has 1 N–H and O–H groups in total. The molecule has 9 heteroatoms. The summed E-state index contributed by atoms with van der Waals surface area (Å²) in [5, 5.41) is 0. The van der Waals surface area contributed by atoms with E-state index in [2.05, 4.69) is 9.71 Å². The highest BCUT2D eigenvalue weighted by Crippen LogP contribution is 2.22. The number of hydrogen-bond donors (Lipinski definition) is 1. The van der Waals surface area contributed by atoms with Crippen LogP contribution in [0, 0.1) is 0 Å². The maximum Gasteiger partial charge on any atom is 0.328 e. The molecule has 2 aliphatic rings. The summed E-state index contributed by atoms with van der Waals surface area (Å²) in [4.78, 5) is 29.2. The maximum absolute atomic E-state index is 11.9. The molecule has 0 spiro atoms. The van der Waals surface area contributed by atoms with E-state index < -0.39 is 16.0 Å². The molecule has 0 bridgehead atoms. The molecular weight excluding hydrogens is 334 g/mol. The number of ether oxygens (including phenoxy) is 1. The standard InChI is InChI=1S/C15H17N3O5S/c19-13(18-7-3-4-8-18)10-23-14(20)9-16-15-11-5-1-2-6-12(11)24(21,22)17-15/h1-2,5-6H,3-4,7-10H2,(H,16,17). The van der Waals surface area contributed by atoms with E-state index in [0.717, 1.165) is 12.8 Å². The number of carbonyl (C=O) groups excluding carboxylic acids is 2. The lowest BCUT2D eigenvalue weighted by atomic mass is 10.2. The fourth-order valence-corrected chi connectivity index (χ4v) is 3.89. The number of amides is 1. The number of rotatable bonds is 4. The molecule has 0 aromatic heterocycles. The summed E-state index contributed by atoms with van der Waals surface area (Å²) in [7, 11) is -3.63. The smallest absolute Gasteiger partial charge is 0.328 e. The highest BCUT2D eigenvalue weighted by molar-refractivity contribution is 7.90. The molecule has 1 aromatic carbocycles. The van der Waals surface area contributed by atoms with Crippen LogP contribution in [0.15, 0.2) is 34.2 Å². The summed E-state index contributed by atoms with van der Waals surface area (Å²) in [5.41, 5.74) is 0.415. The number of aliphatic imine (C=N–C) groups is 1. The third-order valence-corrected chi connectivity index (χ3v) is 5.24. The zero-order valence-electron chi connectivity index (χ0n) is 12.9. The molecule has 2 aliphatic heterocycles. The second kappa shape index (κ2) is 6.60. The topological polar surface area (TPSA) is 105 Å². The molecule has 2 heterocycles. The lowest BCUT2D eigenvalue weighted by Gasteiger charge is -2.14. The molecule has 1 saturated heterocycles. The monoisotopic (exact) mass is 351 g/mol. The molecule has 0 unspecified atom stereocenters. The van der Waals surface area contributed by atoms with E-state index in [1.807, 2.05) is 0 Å². The van der Waals surface area contributed by atoms with Crippen LogP contribution < -0.4 is 4.72 Å². The van der Waals surface area contributed by atoms with Crippen LogP contribution in [0.2, 0.25) is 0 Å². The average molecular weight is 351 g/mol. The fraction of sp³-hybridized carbons (Fsp3) is 0.400. The van der Waals surface area contributed by atoms with Crippen molar-refractivity contribution in [3.05, 3.63) is 29.8 Å². The van der Waals surface area contributed by atoms with Crippen molar-refractivity contribution in [2.75, 3.05) is 26.2 Å². The molecule has 3 rings (SSSR count). The molecule has 0 saturated carbocycles. The van der Waals surface area contributed by atoms with E-state index in [9.17, 15) is 18.0 Å². The summed E-state index contributed by atoms with van der Waals surface area (Å²) in [5.74, 6) is -0.799. The normalized spacial score (nSPS) is 19.8. The van der Waals surface area contributed by atoms with Crippen LogP contribution in [-0.4, -0.2) is 57.3 Å². The second-order valence-corrected chi connectivity index (χ2v) is 7.17. The van der Waals surface area contributed by atoms with Gasteiger partial charge in [-0.15, -0.1) is 0 Å². The lowest BCUT2D eigenvalue weighted by Crippen LogP contribution is -2.32.